The van der Waals surface area contributed by atoms with Crippen LogP contribution in [0.3, 0.4) is 0 Å². The van der Waals surface area contributed by atoms with Crippen LogP contribution in [0.2, 0.25) is 0 Å². The minimum Gasteiger partial charge on any atom is -0.387 e. The number of rotatable bonds is 5. The standard InChI is InChI=1S/C39H57NO8/c1-22-26-18-24-9-6-11-37(36(3,44)33(42)31(22)48-32(26)34(43)40-24)14-15-39(45)28-20-29(41)27-19-25(47-17-7-16-46-4)10-13-35(27,2)30(28)23-8-5-12-38(37,39)21-23/h20,22-27,30-34,40,42-45H,5,7-10,12-19,21H2,1-4H3/t22-,23+,24-,25+,26-,27+,30+,31+,32+,33-,34-,35+,36-,37-,38-,39-/m1/s1. The summed E-state index contributed by atoms with van der Waals surface area (Å²) < 4.78 is 17.9. The maximum Gasteiger partial charge on any atom is 0.159 e. The van der Waals surface area contributed by atoms with Gasteiger partial charge in [0.2, 0.25) is 0 Å². The van der Waals surface area contributed by atoms with Gasteiger partial charge in [0, 0.05) is 44.1 Å². The van der Waals surface area contributed by atoms with Gasteiger partial charge in [-0.05, 0) is 112 Å². The topological polar surface area (TPSA) is 138 Å². The van der Waals surface area contributed by atoms with Crippen LogP contribution in [0, 0.1) is 57.7 Å². The van der Waals surface area contributed by atoms with E-state index in [9.17, 15) is 25.2 Å². The van der Waals surface area contributed by atoms with Crippen LogP contribution in [0.5, 0.6) is 0 Å². The Morgan fingerprint density at radius 3 is 2.67 bits per heavy atom. The number of carbonyl (C=O) groups excluding carboxylic acids is 1. The summed E-state index contributed by atoms with van der Waals surface area (Å²) in [5.41, 5.74) is -4.37. The Bertz CT molecular complexity index is 1400. The monoisotopic (exact) mass is 667 g/mol. The predicted octanol–water partition coefficient (Wildman–Crippen LogP) is 3.26. The van der Waals surface area contributed by atoms with Gasteiger partial charge < -0.3 is 34.6 Å². The Morgan fingerprint density at radius 1 is 1.06 bits per heavy atom. The molecular weight excluding hydrogens is 610 g/mol. The van der Waals surface area contributed by atoms with Crippen molar-refractivity contribution in [2.75, 3.05) is 20.3 Å². The first kappa shape index (κ1) is 33.8. The van der Waals surface area contributed by atoms with Crippen molar-refractivity contribution in [1.82, 2.24) is 5.32 Å². The van der Waals surface area contributed by atoms with E-state index in [4.69, 9.17) is 14.2 Å². The van der Waals surface area contributed by atoms with Crippen LogP contribution in [0.4, 0.5) is 0 Å². The number of methoxy groups -OCH3 is 1. The minimum atomic E-state index is -1.71. The van der Waals surface area contributed by atoms with E-state index in [2.05, 4.69) is 31.0 Å². The molecule has 2 heterocycles. The lowest BCUT2D eigenvalue weighted by atomic mass is 9.37. The Kier molecular flexibility index (Phi) is 8.15. The normalized spacial score (nSPS) is 55.2. The number of carbonyl (C=O) groups is 1. The summed E-state index contributed by atoms with van der Waals surface area (Å²) in [7, 11) is 1.70. The average molecular weight is 668 g/mol. The number of aliphatic hydroxyl groups is 4. The van der Waals surface area contributed by atoms with Crippen LogP contribution in [-0.4, -0.2) is 94.4 Å². The first-order chi connectivity index (χ1) is 22.8. The molecule has 2 aliphatic heterocycles. The van der Waals surface area contributed by atoms with Crippen LogP contribution in [0.1, 0.15) is 97.8 Å². The zero-order valence-electron chi connectivity index (χ0n) is 29.2. The van der Waals surface area contributed by atoms with Crippen molar-refractivity contribution in [2.45, 2.75) is 146 Å². The second-order valence-corrected chi connectivity index (χ2v) is 17.6. The molecule has 8 rings (SSSR count). The average Bonchev–Trinajstić information content (AvgIpc) is 3.51. The van der Waals surface area contributed by atoms with Crippen molar-refractivity contribution in [1.29, 1.82) is 0 Å². The zero-order valence-corrected chi connectivity index (χ0v) is 29.2. The van der Waals surface area contributed by atoms with Crippen molar-refractivity contribution in [3.63, 3.8) is 0 Å². The number of hydrogen-bond donors (Lipinski definition) is 5. The maximum atomic E-state index is 14.2. The van der Waals surface area contributed by atoms with Gasteiger partial charge in [0.05, 0.1) is 23.2 Å². The number of ketones is 1. The lowest BCUT2D eigenvalue weighted by Crippen LogP contribution is -2.70. The van der Waals surface area contributed by atoms with Gasteiger partial charge in [-0.25, -0.2) is 0 Å². The highest BCUT2D eigenvalue weighted by molar-refractivity contribution is 5.95. The summed E-state index contributed by atoms with van der Waals surface area (Å²) >= 11 is 0. The fourth-order valence-corrected chi connectivity index (χ4v) is 13.4. The molecular formula is C39H57NO8. The van der Waals surface area contributed by atoms with Crippen LogP contribution in [0.25, 0.3) is 0 Å². The fourth-order valence-electron chi connectivity index (χ4n) is 13.4. The molecule has 0 unspecified atom stereocenters. The quantitative estimate of drug-likeness (QED) is 0.221. The van der Waals surface area contributed by atoms with Crippen molar-refractivity contribution in [2.24, 2.45) is 45.8 Å². The number of ether oxygens (including phenoxy) is 3. The molecule has 2 spiro atoms. The minimum absolute atomic E-state index is 0.0296. The molecule has 16 atom stereocenters. The van der Waals surface area contributed by atoms with Crippen molar-refractivity contribution >= 4 is 5.78 Å². The van der Waals surface area contributed by atoms with Gasteiger partial charge in [-0.3, -0.25) is 10.1 Å². The van der Waals surface area contributed by atoms with Crippen molar-refractivity contribution in [3.05, 3.63) is 11.6 Å². The molecule has 0 aromatic rings. The molecule has 9 nitrogen and oxygen atoms in total. The van der Waals surface area contributed by atoms with Gasteiger partial charge >= 0.3 is 0 Å². The Labute approximate surface area is 285 Å². The molecule has 48 heavy (non-hydrogen) atoms. The first-order valence-corrected chi connectivity index (χ1v) is 18.9. The lowest BCUT2D eigenvalue weighted by Gasteiger charge is -2.67. The van der Waals surface area contributed by atoms with E-state index < -0.39 is 46.6 Å². The van der Waals surface area contributed by atoms with Crippen molar-refractivity contribution in [3.8, 4) is 11.8 Å². The van der Waals surface area contributed by atoms with Gasteiger partial charge in [-0.2, -0.15) is 0 Å². The molecule has 266 valence electrons. The van der Waals surface area contributed by atoms with Gasteiger partial charge in [0.1, 0.15) is 24.0 Å². The number of piperidine rings is 1. The van der Waals surface area contributed by atoms with Crippen LogP contribution >= 0.6 is 0 Å². The van der Waals surface area contributed by atoms with E-state index in [-0.39, 0.29) is 52.9 Å². The number of nitrogens with one attached hydrogen (secondary N) is 1. The molecule has 6 fully saturated rings. The second-order valence-electron chi connectivity index (χ2n) is 17.6. The predicted molar refractivity (Wildman–Crippen MR) is 177 cm³/mol. The Hall–Kier alpha value is -1.35. The van der Waals surface area contributed by atoms with Gasteiger partial charge in [0.25, 0.3) is 0 Å². The third kappa shape index (κ3) is 4.36. The summed E-state index contributed by atoms with van der Waals surface area (Å²) in [6.07, 6.45) is 7.35. The van der Waals surface area contributed by atoms with E-state index in [1.807, 2.05) is 6.08 Å². The molecule has 0 radical (unpaired) electrons. The first-order valence-electron chi connectivity index (χ1n) is 18.9. The van der Waals surface area contributed by atoms with Crippen LogP contribution in [0.15, 0.2) is 11.6 Å². The molecule has 6 aliphatic carbocycles. The number of hydrogen-bond acceptors (Lipinski definition) is 9. The SMILES string of the molecule is COCCCO[C@H]1CC[C@]2(C)[C@@H]3C(=CC(=O)[C@@H]2C1)[C@]1(O)CC[C@@]2(C#CC[C@@H]4C[C@@H]5[C@@H](C)[C@H](O[C@@H]5[C@@H](O)N4)[C@@H](O)[C@@]2(C)O)[C@]12CCC[C@H]3C2. The largest absolute Gasteiger partial charge is 0.387 e. The highest BCUT2D eigenvalue weighted by atomic mass is 16.5. The molecule has 0 amide bonds. The summed E-state index contributed by atoms with van der Waals surface area (Å²) in [6.45, 7) is 7.37. The van der Waals surface area contributed by atoms with Crippen LogP contribution in [-0.2, 0) is 19.0 Å². The third-order valence-corrected chi connectivity index (χ3v) is 15.6. The van der Waals surface area contributed by atoms with E-state index in [1.165, 1.54) is 0 Å². The highest BCUT2D eigenvalue weighted by Gasteiger charge is 2.79. The lowest BCUT2D eigenvalue weighted by molar-refractivity contribution is -0.241. The van der Waals surface area contributed by atoms with Gasteiger partial charge in [-0.1, -0.05) is 26.2 Å². The second kappa shape index (κ2) is 11.6. The molecule has 4 saturated carbocycles. The van der Waals surface area contributed by atoms with Gasteiger partial charge in [-0.15, -0.1) is 5.92 Å². The highest BCUT2D eigenvalue weighted by Crippen LogP contribution is 2.77. The summed E-state index contributed by atoms with van der Waals surface area (Å²) in [4.78, 5) is 14.2. The molecule has 0 aromatic heterocycles. The van der Waals surface area contributed by atoms with E-state index in [1.54, 1.807) is 14.0 Å². The molecule has 5 N–H and O–H groups in total. The smallest absolute Gasteiger partial charge is 0.159 e. The Morgan fingerprint density at radius 2 is 1.88 bits per heavy atom. The third-order valence-electron chi connectivity index (χ3n) is 15.6. The number of fused-ring (bicyclic) bond motifs is 8. The van der Waals surface area contributed by atoms with E-state index in [0.717, 1.165) is 44.1 Å². The molecule has 5 bridgehead atoms. The van der Waals surface area contributed by atoms with Crippen molar-refractivity contribution < 1.29 is 39.4 Å². The fraction of sp³-hybridized carbons (Fsp3) is 0.872. The number of aliphatic hydroxyl groups excluding tert-OH is 2. The molecule has 8 aliphatic rings. The summed E-state index contributed by atoms with van der Waals surface area (Å²) in [5, 5.41) is 52.8. The number of allylic oxidation sites excluding steroid dienone is 1. The molecule has 2 saturated heterocycles. The van der Waals surface area contributed by atoms with Crippen LogP contribution < -0.4 is 5.32 Å². The van der Waals surface area contributed by atoms with E-state index >= 15 is 0 Å². The maximum absolute atomic E-state index is 14.2. The summed E-state index contributed by atoms with van der Waals surface area (Å²) in [5.74, 6) is 7.34. The summed E-state index contributed by atoms with van der Waals surface area (Å²) in [6, 6.07) is -0.0296. The van der Waals surface area contributed by atoms with Gasteiger partial charge in [0.15, 0.2) is 5.78 Å². The van der Waals surface area contributed by atoms with E-state index in [0.29, 0.717) is 51.7 Å². The zero-order chi connectivity index (χ0) is 33.9. The molecule has 9 heteroatoms. The Balaban J connectivity index is 1.19. The molecule has 0 aromatic carbocycles.